The fourth-order valence-electron chi connectivity index (χ4n) is 2.14. The summed E-state index contributed by atoms with van der Waals surface area (Å²) in [6.45, 7) is 4.55. The molecule has 1 aromatic rings. The van der Waals surface area contributed by atoms with Crippen LogP contribution < -0.4 is 15.5 Å². The van der Waals surface area contributed by atoms with Gasteiger partial charge in [0.2, 0.25) is 5.91 Å². The number of carbonyl (C=O) groups is 1. The molecule has 1 heterocycles. The van der Waals surface area contributed by atoms with E-state index < -0.39 is 0 Å². The zero-order valence-corrected chi connectivity index (χ0v) is 11.9. The van der Waals surface area contributed by atoms with Gasteiger partial charge in [-0.15, -0.1) is 0 Å². The van der Waals surface area contributed by atoms with Crippen LogP contribution in [-0.2, 0) is 11.3 Å². The minimum Gasteiger partial charge on any atom is -0.378 e. The third-order valence-electron chi connectivity index (χ3n) is 3.85. The first-order chi connectivity index (χ1) is 9.08. The highest BCUT2D eigenvalue weighted by Gasteiger charge is 2.28. The first-order valence-corrected chi connectivity index (χ1v) is 6.82. The van der Waals surface area contributed by atoms with Gasteiger partial charge in [-0.25, -0.2) is 0 Å². The molecular formula is C15H23N3O. The van der Waals surface area contributed by atoms with E-state index >= 15 is 0 Å². The lowest BCUT2D eigenvalue weighted by Gasteiger charge is -2.31. The molecule has 104 valence electrons. The maximum Gasteiger partial charge on any atom is 0.223 e. The molecule has 1 aromatic carbocycles. The van der Waals surface area contributed by atoms with Crippen molar-refractivity contribution in [2.24, 2.45) is 11.8 Å². The second-order valence-corrected chi connectivity index (χ2v) is 5.49. The van der Waals surface area contributed by atoms with Crippen LogP contribution in [0.25, 0.3) is 0 Å². The van der Waals surface area contributed by atoms with E-state index in [0.717, 1.165) is 18.7 Å². The van der Waals surface area contributed by atoms with Crippen molar-refractivity contribution in [3.8, 4) is 0 Å². The Balaban J connectivity index is 1.82. The number of nitrogens with one attached hydrogen (secondary N) is 2. The van der Waals surface area contributed by atoms with E-state index in [2.05, 4.69) is 39.8 Å². The topological polar surface area (TPSA) is 44.4 Å². The number of rotatable bonds is 5. The van der Waals surface area contributed by atoms with Gasteiger partial charge in [0.1, 0.15) is 0 Å². The maximum absolute atomic E-state index is 12.0. The van der Waals surface area contributed by atoms with Crippen LogP contribution in [0, 0.1) is 11.8 Å². The molecule has 1 saturated heterocycles. The number of hydrogen-bond donors (Lipinski definition) is 2. The minimum atomic E-state index is 0.0994. The highest BCUT2D eigenvalue weighted by molar-refractivity contribution is 5.78. The van der Waals surface area contributed by atoms with Crippen molar-refractivity contribution in [3.63, 3.8) is 0 Å². The van der Waals surface area contributed by atoms with Crippen molar-refractivity contribution < 1.29 is 4.79 Å². The smallest absolute Gasteiger partial charge is 0.223 e. The summed E-state index contributed by atoms with van der Waals surface area (Å²) in [5, 5.41) is 6.22. The van der Waals surface area contributed by atoms with Gasteiger partial charge in [0, 0.05) is 32.2 Å². The standard InChI is InChI=1S/C15H23N3O/c1-11(13-9-16-10-13)15(19)17-8-12-4-6-14(7-5-12)18(2)3/h4-7,11,13,16H,8-10H2,1-3H3,(H,17,19). The lowest BCUT2D eigenvalue weighted by Crippen LogP contribution is -2.49. The number of anilines is 1. The number of carbonyl (C=O) groups excluding carboxylic acids is 1. The first kappa shape index (κ1) is 13.9. The summed E-state index contributed by atoms with van der Waals surface area (Å²) in [7, 11) is 4.04. The molecule has 0 saturated carbocycles. The second kappa shape index (κ2) is 6.06. The molecule has 2 N–H and O–H groups in total. The number of nitrogens with zero attached hydrogens (tertiary/aromatic N) is 1. The van der Waals surface area contributed by atoms with Crippen molar-refractivity contribution in [1.82, 2.24) is 10.6 Å². The summed E-state index contributed by atoms with van der Waals surface area (Å²) < 4.78 is 0. The van der Waals surface area contributed by atoms with Crippen LogP contribution in [0.2, 0.25) is 0 Å². The highest BCUT2D eigenvalue weighted by atomic mass is 16.1. The van der Waals surface area contributed by atoms with E-state index in [0.29, 0.717) is 12.5 Å². The van der Waals surface area contributed by atoms with Gasteiger partial charge >= 0.3 is 0 Å². The SMILES string of the molecule is CC(C(=O)NCc1ccc(N(C)C)cc1)C1CNC1. The van der Waals surface area contributed by atoms with Crippen molar-refractivity contribution >= 4 is 11.6 Å². The van der Waals surface area contributed by atoms with Crippen LogP contribution in [0.5, 0.6) is 0 Å². The average molecular weight is 261 g/mol. The molecule has 0 aliphatic carbocycles. The lowest BCUT2D eigenvalue weighted by molar-refractivity contribution is -0.126. The number of amides is 1. The largest absolute Gasteiger partial charge is 0.378 e. The minimum absolute atomic E-state index is 0.0994. The third kappa shape index (κ3) is 3.47. The van der Waals surface area contributed by atoms with E-state index in [1.165, 1.54) is 5.69 Å². The van der Waals surface area contributed by atoms with E-state index in [4.69, 9.17) is 0 Å². The monoisotopic (exact) mass is 261 g/mol. The Labute approximate surface area is 115 Å². The molecule has 1 fully saturated rings. The summed E-state index contributed by atoms with van der Waals surface area (Å²) >= 11 is 0. The molecule has 2 rings (SSSR count). The average Bonchev–Trinajstić information content (AvgIpc) is 2.34. The lowest BCUT2D eigenvalue weighted by atomic mass is 9.88. The summed E-state index contributed by atoms with van der Waals surface area (Å²) in [5.41, 5.74) is 2.31. The van der Waals surface area contributed by atoms with Crippen LogP contribution in [0.1, 0.15) is 12.5 Å². The molecule has 1 atom stereocenters. The van der Waals surface area contributed by atoms with E-state index in [1.807, 2.05) is 21.0 Å². The van der Waals surface area contributed by atoms with Gasteiger partial charge < -0.3 is 15.5 Å². The van der Waals surface area contributed by atoms with Crippen molar-refractivity contribution in [2.75, 3.05) is 32.1 Å². The molecule has 0 bridgehead atoms. The van der Waals surface area contributed by atoms with Gasteiger partial charge in [-0.1, -0.05) is 19.1 Å². The Kier molecular flexibility index (Phi) is 4.43. The van der Waals surface area contributed by atoms with Crippen LogP contribution in [-0.4, -0.2) is 33.1 Å². The van der Waals surface area contributed by atoms with Gasteiger partial charge in [-0.2, -0.15) is 0 Å². The Hall–Kier alpha value is -1.55. The van der Waals surface area contributed by atoms with Gasteiger partial charge in [0.15, 0.2) is 0 Å². The van der Waals surface area contributed by atoms with Crippen LogP contribution >= 0.6 is 0 Å². The molecule has 1 amide bonds. The second-order valence-electron chi connectivity index (χ2n) is 5.49. The summed E-state index contributed by atoms with van der Waals surface area (Å²) in [6, 6.07) is 8.26. The van der Waals surface area contributed by atoms with Crippen molar-refractivity contribution in [3.05, 3.63) is 29.8 Å². The van der Waals surface area contributed by atoms with Crippen LogP contribution in [0.4, 0.5) is 5.69 Å². The molecule has 0 radical (unpaired) electrons. The Morgan fingerprint density at radius 2 is 2.00 bits per heavy atom. The van der Waals surface area contributed by atoms with E-state index in [1.54, 1.807) is 0 Å². The number of benzene rings is 1. The predicted octanol–water partition coefficient (Wildman–Crippen LogP) is 1.22. The van der Waals surface area contributed by atoms with E-state index in [-0.39, 0.29) is 11.8 Å². The summed E-state index contributed by atoms with van der Waals surface area (Å²) in [5.74, 6) is 0.751. The quantitative estimate of drug-likeness (QED) is 0.838. The fraction of sp³-hybridized carbons (Fsp3) is 0.533. The van der Waals surface area contributed by atoms with Gasteiger partial charge in [0.05, 0.1) is 0 Å². The molecule has 4 heteroatoms. The molecule has 1 aliphatic heterocycles. The first-order valence-electron chi connectivity index (χ1n) is 6.82. The van der Waals surface area contributed by atoms with Gasteiger partial charge in [0.25, 0.3) is 0 Å². The summed E-state index contributed by atoms with van der Waals surface area (Å²) in [4.78, 5) is 14.0. The predicted molar refractivity (Wildman–Crippen MR) is 78.1 cm³/mol. The Morgan fingerprint density at radius 1 is 1.37 bits per heavy atom. The molecular weight excluding hydrogens is 238 g/mol. The Morgan fingerprint density at radius 3 is 2.47 bits per heavy atom. The molecule has 4 nitrogen and oxygen atoms in total. The zero-order chi connectivity index (χ0) is 13.8. The Bertz CT molecular complexity index is 424. The third-order valence-corrected chi connectivity index (χ3v) is 3.85. The van der Waals surface area contributed by atoms with E-state index in [9.17, 15) is 4.79 Å². The zero-order valence-electron chi connectivity index (χ0n) is 11.9. The van der Waals surface area contributed by atoms with Gasteiger partial charge in [-0.05, 0) is 36.7 Å². The molecule has 0 aromatic heterocycles. The van der Waals surface area contributed by atoms with Crippen LogP contribution in [0.15, 0.2) is 24.3 Å². The molecule has 1 unspecified atom stereocenters. The maximum atomic E-state index is 12.0. The fourth-order valence-corrected chi connectivity index (χ4v) is 2.14. The molecule has 1 aliphatic rings. The highest BCUT2D eigenvalue weighted by Crippen LogP contribution is 2.16. The van der Waals surface area contributed by atoms with Crippen molar-refractivity contribution in [2.45, 2.75) is 13.5 Å². The summed E-state index contributed by atoms with van der Waals surface area (Å²) in [6.07, 6.45) is 0. The molecule has 0 spiro atoms. The van der Waals surface area contributed by atoms with Crippen LogP contribution in [0.3, 0.4) is 0 Å². The van der Waals surface area contributed by atoms with Gasteiger partial charge in [-0.3, -0.25) is 4.79 Å². The van der Waals surface area contributed by atoms with Crippen molar-refractivity contribution in [1.29, 1.82) is 0 Å². The normalized spacial score (nSPS) is 16.6. The number of hydrogen-bond acceptors (Lipinski definition) is 3. The molecule has 19 heavy (non-hydrogen) atoms.